The van der Waals surface area contributed by atoms with Gasteiger partial charge in [-0.25, -0.2) is 9.97 Å². The van der Waals surface area contributed by atoms with E-state index < -0.39 is 29.5 Å². The number of alkyl halides is 3. The van der Waals surface area contributed by atoms with Crippen LogP contribution < -0.4 is 16.0 Å². The normalized spacial score (nSPS) is 14.4. The minimum atomic E-state index is -4.48. The van der Waals surface area contributed by atoms with Gasteiger partial charge in [0, 0.05) is 18.8 Å². The lowest BCUT2D eigenvalue weighted by Crippen LogP contribution is -2.31. The van der Waals surface area contributed by atoms with Crippen molar-refractivity contribution in [3.63, 3.8) is 0 Å². The van der Waals surface area contributed by atoms with Crippen LogP contribution in [-0.4, -0.2) is 26.9 Å². The van der Waals surface area contributed by atoms with Gasteiger partial charge in [-0.2, -0.15) is 17.6 Å². The fourth-order valence-corrected chi connectivity index (χ4v) is 3.81. The summed E-state index contributed by atoms with van der Waals surface area (Å²) in [4.78, 5) is 24.9. The van der Waals surface area contributed by atoms with Gasteiger partial charge in [0.2, 0.25) is 11.7 Å². The van der Waals surface area contributed by atoms with Crippen molar-refractivity contribution in [1.29, 1.82) is 0 Å². The smallest absolute Gasteiger partial charge is 0.369 e. The van der Waals surface area contributed by atoms with Crippen LogP contribution in [0.1, 0.15) is 48.2 Å². The molecule has 1 aliphatic rings. The van der Waals surface area contributed by atoms with Gasteiger partial charge in [0.15, 0.2) is 11.6 Å². The molecular formula is C24H24F4N6O. The van der Waals surface area contributed by atoms with Crippen molar-refractivity contribution in [2.75, 3.05) is 10.2 Å². The number of hydrogen-bond donors (Lipinski definition) is 2. The maximum absolute atomic E-state index is 15.5. The van der Waals surface area contributed by atoms with Gasteiger partial charge in [-0.3, -0.25) is 9.78 Å². The molecule has 3 aromatic rings. The number of anilines is 2. The number of rotatable bonds is 9. The summed E-state index contributed by atoms with van der Waals surface area (Å²) in [6.07, 6.45) is -0.676. The number of aromatic nitrogens is 3. The highest BCUT2D eigenvalue weighted by Gasteiger charge is 2.37. The zero-order valence-electron chi connectivity index (χ0n) is 18.9. The lowest BCUT2D eigenvalue weighted by atomic mass is 10.1. The Balaban J connectivity index is 1.52. The maximum Gasteiger partial charge on any atom is 0.417 e. The number of pyridine rings is 1. The van der Waals surface area contributed by atoms with E-state index in [1.54, 1.807) is 36.1 Å². The Morgan fingerprint density at radius 3 is 2.37 bits per heavy atom. The van der Waals surface area contributed by atoms with E-state index in [1.807, 2.05) is 0 Å². The van der Waals surface area contributed by atoms with Gasteiger partial charge in [0.1, 0.15) is 6.33 Å². The standard InChI is InChI=1S/C24H24F4N6O/c1-14(19-9-6-17(12-30-19)24(26,27)28)34(18-7-8-18)23-21(25)22(32-13-33-23)31-11-16-4-2-15(3-5-16)10-20(29)35/h2-6,9,12-14,18H,7-8,10-11H2,1H3,(H2,29,35)(H,31,32,33). The van der Waals surface area contributed by atoms with Crippen LogP contribution in [0.3, 0.4) is 0 Å². The highest BCUT2D eigenvalue weighted by Crippen LogP contribution is 2.39. The molecule has 0 bridgehead atoms. The number of primary amides is 1. The minimum absolute atomic E-state index is 0.00384. The van der Waals surface area contributed by atoms with E-state index in [1.165, 1.54) is 12.4 Å². The Kier molecular flexibility index (Phi) is 6.86. The number of hydrogen-bond acceptors (Lipinski definition) is 6. The SMILES string of the molecule is CC(c1ccc(C(F)(F)F)cn1)N(c1ncnc(NCc2ccc(CC(N)=O)cc2)c1F)C1CC1. The fraction of sp³-hybridized carbons (Fsp3) is 0.333. The van der Waals surface area contributed by atoms with Crippen molar-refractivity contribution in [1.82, 2.24) is 15.0 Å². The topological polar surface area (TPSA) is 97.0 Å². The molecule has 35 heavy (non-hydrogen) atoms. The molecule has 1 saturated carbocycles. The molecule has 0 saturated heterocycles. The van der Waals surface area contributed by atoms with Crippen molar-refractivity contribution in [3.8, 4) is 0 Å². The van der Waals surface area contributed by atoms with Crippen LogP contribution in [0, 0.1) is 5.82 Å². The first kappa shape index (κ1) is 24.4. The van der Waals surface area contributed by atoms with Crippen LogP contribution in [0.4, 0.5) is 29.2 Å². The van der Waals surface area contributed by atoms with Gasteiger partial charge in [-0.15, -0.1) is 0 Å². The second-order valence-corrected chi connectivity index (χ2v) is 8.46. The second-order valence-electron chi connectivity index (χ2n) is 8.46. The molecule has 2 aromatic heterocycles. The lowest BCUT2D eigenvalue weighted by molar-refractivity contribution is -0.137. The quantitative estimate of drug-likeness (QED) is 0.434. The molecule has 184 valence electrons. The van der Waals surface area contributed by atoms with Crippen molar-refractivity contribution in [3.05, 3.63) is 77.1 Å². The molecule has 0 aliphatic heterocycles. The number of nitrogens with one attached hydrogen (secondary N) is 1. The van der Waals surface area contributed by atoms with E-state index in [-0.39, 0.29) is 30.6 Å². The molecule has 0 radical (unpaired) electrons. The summed E-state index contributed by atoms with van der Waals surface area (Å²) in [5.41, 5.74) is 6.37. The van der Waals surface area contributed by atoms with E-state index in [0.29, 0.717) is 5.69 Å². The molecule has 1 aromatic carbocycles. The van der Waals surface area contributed by atoms with Crippen LogP contribution in [0.5, 0.6) is 0 Å². The molecule has 1 unspecified atom stereocenters. The first-order valence-corrected chi connectivity index (χ1v) is 11.1. The maximum atomic E-state index is 15.5. The van der Waals surface area contributed by atoms with Crippen LogP contribution in [0.15, 0.2) is 48.9 Å². The molecule has 4 rings (SSSR count). The summed E-state index contributed by atoms with van der Waals surface area (Å²) in [7, 11) is 0. The van der Waals surface area contributed by atoms with Crippen LogP contribution >= 0.6 is 0 Å². The molecule has 1 amide bonds. The highest BCUT2D eigenvalue weighted by atomic mass is 19.4. The number of nitrogens with two attached hydrogens (primary N) is 1. The molecule has 1 fully saturated rings. The number of benzene rings is 1. The minimum Gasteiger partial charge on any atom is -0.369 e. The molecule has 0 spiro atoms. The predicted molar refractivity (Wildman–Crippen MR) is 122 cm³/mol. The summed E-state index contributed by atoms with van der Waals surface area (Å²) < 4.78 is 54.2. The Bertz CT molecular complexity index is 1180. The number of nitrogens with zero attached hydrogens (tertiary/aromatic N) is 4. The van der Waals surface area contributed by atoms with Crippen LogP contribution in [0.25, 0.3) is 0 Å². The largest absolute Gasteiger partial charge is 0.417 e. The number of carbonyl (C=O) groups excluding carboxylic acids is 1. The third-order valence-electron chi connectivity index (χ3n) is 5.78. The molecular weight excluding hydrogens is 464 g/mol. The average Bonchev–Trinajstić information content (AvgIpc) is 3.65. The van der Waals surface area contributed by atoms with Crippen molar-refractivity contribution in [2.45, 2.75) is 51.0 Å². The first-order valence-electron chi connectivity index (χ1n) is 11.1. The second kappa shape index (κ2) is 9.85. The Morgan fingerprint density at radius 2 is 1.80 bits per heavy atom. The van der Waals surface area contributed by atoms with Crippen molar-refractivity contribution < 1.29 is 22.4 Å². The van der Waals surface area contributed by atoms with E-state index in [0.717, 1.165) is 36.2 Å². The van der Waals surface area contributed by atoms with Crippen molar-refractivity contribution >= 4 is 17.5 Å². The zero-order valence-corrected chi connectivity index (χ0v) is 18.9. The Hall–Kier alpha value is -3.76. The lowest BCUT2D eigenvalue weighted by Gasteiger charge is -2.30. The van der Waals surface area contributed by atoms with E-state index in [2.05, 4.69) is 20.3 Å². The van der Waals surface area contributed by atoms with Crippen molar-refractivity contribution in [2.24, 2.45) is 5.73 Å². The van der Waals surface area contributed by atoms with Gasteiger partial charge < -0.3 is 16.0 Å². The van der Waals surface area contributed by atoms with E-state index in [9.17, 15) is 18.0 Å². The first-order chi connectivity index (χ1) is 16.6. The monoisotopic (exact) mass is 488 g/mol. The fourth-order valence-electron chi connectivity index (χ4n) is 3.81. The zero-order chi connectivity index (χ0) is 25.2. The number of amides is 1. The molecule has 1 aliphatic carbocycles. The highest BCUT2D eigenvalue weighted by molar-refractivity contribution is 5.76. The van der Waals surface area contributed by atoms with Gasteiger partial charge in [-0.1, -0.05) is 24.3 Å². The van der Waals surface area contributed by atoms with Gasteiger partial charge in [0.25, 0.3) is 0 Å². The van der Waals surface area contributed by atoms with Gasteiger partial charge in [0.05, 0.1) is 23.7 Å². The molecule has 1 atom stereocenters. The van der Waals surface area contributed by atoms with Gasteiger partial charge >= 0.3 is 6.18 Å². The van der Waals surface area contributed by atoms with Crippen LogP contribution in [-0.2, 0) is 23.9 Å². The van der Waals surface area contributed by atoms with Gasteiger partial charge in [-0.05, 0) is 43.0 Å². The predicted octanol–water partition coefficient (Wildman–Crippen LogP) is 4.40. The molecule has 2 heterocycles. The molecule has 11 heteroatoms. The Labute approximate surface area is 199 Å². The summed E-state index contributed by atoms with van der Waals surface area (Å²) in [5.74, 6) is -0.999. The van der Waals surface area contributed by atoms with E-state index >= 15 is 4.39 Å². The summed E-state index contributed by atoms with van der Waals surface area (Å²) in [6.45, 7) is 2.04. The third kappa shape index (κ3) is 5.84. The molecule has 7 nitrogen and oxygen atoms in total. The summed E-state index contributed by atoms with van der Waals surface area (Å²) in [6, 6.07) is 8.95. The summed E-state index contributed by atoms with van der Waals surface area (Å²) >= 11 is 0. The molecule has 3 N–H and O–H groups in total. The summed E-state index contributed by atoms with van der Waals surface area (Å²) in [5, 5.41) is 2.96. The average molecular weight is 488 g/mol. The number of halogens is 4. The van der Waals surface area contributed by atoms with Crippen LogP contribution in [0.2, 0.25) is 0 Å². The Morgan fingerprint density at radius 1 is 1.11 bits per heavy atom. The van der Waals surface area contributed by atoms with E-state index in [4.69, 9.17) is 5.73 Å². The third-order valence-corrected chi connectivity index (χ3v) is 5.78. The number of carbonyl (C=O) groups is 1.